The SMILES string of the molecule is Cc1ccccc1-c1cc2cc(C(C)C)ccc2[nH]1. The van der Waals surface area contributed by atoms with Gasteiger partial charge in [0.2, 0.25) is 0 Å². The van der Waals surface area contributed by atoms with Crippen LogP contribution in [0, 0.1) is 6.92 Å². The quantitative estimate of drug-likeness (QED) is 0.637. The van der Waals surface area contributed by atoms with Gasteiger partial charge in [0.25, 0.3) is 0 Å². The van der Waals surface area contributed by atoms with Crippen molar-refractivity contribution in [3.05, 3.63) is 59.7 Å². The zero-order valence-corrected chi connectivity index (χ0v) is 11.7. The molecule has 1 N–H and O–H groups in total. The van der Waals surface area contributed by atoms with Crippen molar-refractivity contribution in [1.82, 2.24) is 4.98 Å². The number of aryl methyl sites for hydroxylation is 1. The smallest absolute Gasteiger partial charge is 0.0467 e. The third-order valence-corrected chi connectivity index (χ3v) is 3.75. The summed E-state index contributed by atoms with van der Waals surface area (Å²) in [6.45, 7) is 6.62. The molecular formula is C18H19N. The molecule has 96 valence electrons. The Morgan fingerprint density at radius 3 is 2.47 bits per heavy atom. The number of benzene rings is 2. The molecule has 0 saturated heterocycles. The molecule has 3 aromatic rings. The summed E-state index contributed by atoms with van der Waals surface area (Å²) in [4.78, 5) is 3.52. The lowest BCUT2D eigenvalue weighted by atomic mass is 10.0. The van der Waals surface area contributed by atoms with Crippen LogP contribution in [0.4, 0.5) is 0 Å². The Hall–Kier alpha value is -2.02. The molecule has 1 heterocycles. The Balaban J connectivity index is 2.14. The van der Waals surface area contributed by atoms with E-state index in [2.05, 4.69) is 74.3 Å². The standard InChI is InChI=1S/C18H19N/c1-12(2)14-8-9-17-15(10-14)11-18(19-17)16-7-5-4-6-13(16)3/h4-12,19H,1-3H3. The highest BCUT2D eigenvalue weighted by Crippen LogP contribution is 2.28. The summed E-state index contributed by atoms with van der Waals surface area (Å²) in [6.07, 6.45) is 0. The third-order valence-electron chi connectivity index (χ3n) is 3.75. The van der Waals surface area contributed by atoms with Crippen molar-refractivity contribution in [3.63, 3.8) is 0 Å². The number of H-pyrrole nitrogens is 1. The topological polar surface area (TPSA) is 15.8 Å². The first-order valence-corrected chi connectivity index (χ1v) is 6.84. The predicted molar refractivity (Wildman–Crippen MR) is 82.6 cm³/mol. The van der Waals surface area contributed by atoms with Crippen LogP contribution in [-0.4, -0.2) is 4.98 Å². The van der Waals surface area contributed by atoms with E-state index in [4.69, 9.17) is 0 Å². The minimum absolute atomic E-state index is 0.571. The third kappa shape index (κ3) is 2.17. The Morgan fingerprint density at radius 1 is 0.947 bits per heavy atom. The molecule has 0 unspecified atom stereocenters. The van der Waals surface area contributed by atoms with E-state index in [1.54, 1.807) is 0 Å². The molecule has 2 aromatic carbocycles. The number of hydrogen-bond donors (Lipinski definition) is 1. The summed E-state index contributed by atoms with van der Waals surface area (Å²) in [5, 5.41) is 1.30. The monoisotopic (exact) mass is 249 g/mol. The van der Waals surface area contributed by atoms with Crippen molar-refractivity contribution < 1.29 is 0 Å². The van der Waals surface area contributed by atoms with Crippen LogP contribution in [0.25, 0.3) is 22.2 Å². The summed E-state index contributed by atoms with van der Waals surface area (Å²) in [5.41, 5.74) is 6.39. The molecule has 1 aromatic heterocycles. The second-order valence-electron chi connectivity index (χ2n) is 5.50. The largest absolute Gasteiger partial charge is 0.355 e. The van der Waals surface area contributed by atoms with Gasteiger partial charge >= 0.3 is 0 Å². The number of aromatic amines is 1. The zero-order valence-electron chi connectivity index (χ0n) is 11.7. The second-order valence-corrected chi connectivity index (χ2v) is 5.50. The molecule has 0 aliphatic heterocycles. The van der Waals surface area contributed by atoms with Crippen molar-refractivity contribution in [1.29, 1.82) is 0 Å². The molecule has 0 amide bonds. The van der Waals surface area contributed by atoms with Crippen molar-refractivity contribution in [3.8, 4) is 11.3 Å². The highest BCUT2D eigenvalue weighted by atomic mass is 14.7. The van der Waals surface area contributed by atoms with Crippen LogP contribution < -0.4 is 0 Å². The van der Waals surface area contributed by atoms with Crippen LogP contribution in [0.5, 0.6) is 0 Å². The molecule has 0 aliphatic carbocycles. The van der Waals surface area contributed by atoms with Gasteiger partial charge in [0.15, 0.2) is 0 Å². The van der Waals surface area contributed by atoms with Crippen molar-refractivity contribution >= 4 is 10.9 Å². The van der Waals surface area contributed by atoms with Crippen LogP contribution in [0.1, 0.15) is 30.9 Å². The number of fused-ring (bicyclic) bond motifs is 1. The number of hydrogen-bond acceptors (Lipinski definition) is 0. The molecule has 0 atom stereocenters. The van der Waals surface area contributed by atoms with Gasteiger partial charge in [0.05, 0.1) is 0 Å². The van der Waals surface area contributed by atoms with Gasteiger partial charge in [-0.15, -0.1) is 0 Å². The maximum atomic E-state index is 3.52. The predicted octanol–water partition coefficient (Wildman–Crippen LogP) is 5.27. The molecule has 0 spiro atoms. The van der Waals surface area contributed by atoms with Crippen LogP contribution in [0.3, 0.4) is 0 Å². The zero-order chi connectivity index (χ0) is 13.4. The molecule has 1 nitrogen and oxygen atoms in total. The fourth-order valence-electron chi connectivity index (χ4n) is 2.53. The normalized spacial score (nSPS) is 11.4. The molecule has 1 heteroatoms. The minimum Gasteiger partial charge on any atom is -0.355 e. The Bertz CT molecular complexity index is 719. The Morgan fingerprint density at radius 2 is 1.74 bits per heavy atom. The molecule has 0 aliphatic rings. The molecule has 0 fully saturated rings. The lowest BCUT2D eigenvalue weighted by Gasteiger charge is -2.03. The van der Waals surface area contributed by atoms with Crippen LogP contribution in [0.2, 0.25) is 0 Å². The van der Waals surface area contributed by atoms with E-state index in [-0.39, 0.29) is 0 Å². The van der Waals surface area contributed by atoms with E-state index in [1.807, 2.05) is 0 Å². The van der Waals surface area contributed by atoms with Crippen molar-refractivity contribution in [2.75, 3.05) is 0 Å². The molecule has 19 heavy (non-hydrogen) atoms. The van der Waals surface area contributed by atoms with E-state index < -0.39 is 0 Å². The fourth-order valence-corrected chi connectivity index (χ4v) is 2.53. The van der Waals surface area contributed by atoms with E-state index >= 15 is 0 Å². The van der Waals surface area contributed by atoms with Crippen LogP contribution in [-0.2, 0) is 0 Å². The molecule has 3 rings (SSSR count). The van der Waals surface area contributed by atoms with E-state index in [1.165, 1.54) is 33.3 Å². The lowest BCUT2D eigenvalue weighted by Crippen LogP contribution is -1.85. The highest BCUT2D eigenvalue weighted by molar-refractivity contribution is 5.87. The first-order chi connectivity index (χ1) is 9.15. The molecular weight excluding hydrogens is 230 g/mol. The average Bonchev–Trinajstić information content (AvgIpc) is 2.81. The Labute approximate surface area is 114 Å². The summed E-state index contributed by atoms with van der Waals surface area (Å²) >= 11 is 0. The first kappa shape index (κ1) is 12.0. The van der Waals surface area contributed by atoms with Gasteiger partial charge in [0.1, 0.15) is 0 Å². The number of aromatic nitrogens is 1. The van der Waals surface area contributed by atoms with E-state index in [0.717, 1.165) is 0 Å². The van der Waals surface area contributed by atoms with Gasteiger partial charge in [-0.05, 0) is 42.2 Å². The van der Waals surface area contributed by atoms with Gasteiger partial charge in [-0.2, -0.15) is 0 Å². The number of rotatable bonds is 2. The summed E-state index contributed by atoms with van der Waals surface area (Å²) in [7, 11) is 0. The van der Waals surface area contributed by atoms with Gasteiger partial charge in [-0.25, -0.2) is 0 Å². The summed E-state index contributed by atoms with van der Waals surface area (Å²) in [5.74, 6) is 0.571. The first-order valence-electron chi connectivity index (χ1n) is 6.84. The fraction of sp³-hybridized carbons (Fsp3) is 0.222. The molecule has 0 bridgehead atoms. The van der Waals surface area contributed by atoms with Crippen molar-refractivity contribution in [2.24, 2.45) is 0 Å². The molecule has 0 radical (unpaired) electrons. The van der Waals surface area contributed by atoms with Crippen LogP contribution in [0.15, 0.2) is 48.5 Å². The van der Waals surface area contributed by atoms with Gasteiger partial charge < -0.3 is 4.98 Å². The highest BCUT2D eigenvalue weighted by Gasteiger charge is 2.07. The van der Waals surface area contributed by atoms with Gasteiger partial charge in [-0.3, -0.25) is 0 Å². The van der Waals surface area contributed by atoms with Gasteiger partial charge in [0, 0.05) is 22.2 Å². The minimum atomic E-state index is 0.571. The summed E-state index contributed by atoms with van der Waals surface area (Å²) < 4.78 is 0. The van der Waals surface area contributed by atoms with Crippen molar-refractivity contribution in [2.45, 2.75) is 26.7 Å². The molecule has 0 saturated carbocycles. The average molecular weight is 249 g/mol. The van der Waals surface area contributed by atoms with Crippen LogP contribution >= 0.6 is 0 Å². The summed E-state index contributed by atoms with van der Waals surface area (Å²) in [6, 6.07) is 17.4. The maximum absolute atomic E-state index is 3.52. The Kier molecular flexibility index (Phi) is 2.90. The van der Waals surface area contributed by atoms with E-state index in [0.29, 0.717) is 5.92 Å². The van der Waals surface area contributed by atoms with Gasteiger partial charge in [-0.1, -0.05) is 44.2 Å². The maximum Gasteiger partial charge on any atom is 0.0467 e. The number of nitrogens with one attached hydrogen (secondary N) is 1. The van der Waals surface area contributed by atoms with E-state index in [9.17, 15) is 0 Å². The second kappa shape index (κ2) is 4.58. The lowest BCUT2D eigenvalue weighted by molar-refractivity contribution is 0.869.